The van der Waals surface area contributed by atoms with Crippen LogP contribution >= 0.6 is 11.6 Å². The van der Waals surface area contributed by atoms with Crippen LogP contribution in [0.2, 0.25) is 5.02 Å². The summed E-state index contributed by atoms with van der Waals surface area (Å²) >= 11 is 6.23. The molecule has 1 amide bonds. The topological polar surface area (TPSA) is 98.8 Å². The minimum atomic E-state index is -3.50. The number of nitrogens with one attached hydrogen (secondary N) is 1. The number of para-hydroxylation sites is 1. The molecule has 206 valence electrons. The average molecular weight is 578 g/mol. The van der Waals surface area contributed by atoms with Crippen LogP contribution in [0.15, 0.2) is 108 Å². The van der Waals surface area contributed by atoms with Crippen LogP contribution in [0.25, 0.3) is 0 Å². The molecule has 0 saturated carbocycles. The van der Waals surface area contributed by atoms with Gasteiger partial charge in [-0.05, 0) is 53.6 Å². The third-order valence-corrected chi connectivity index (χ3v) is 7.41. The molecule has 0 aliphatic carbocycles. The van der Waals surface area contributed by atoms with E-state index < -0.39 is 21.8 Å². The minimum absolute atomic E-state index is 0.00689. The lowest BCUT2D eigenvalue weighted by atomic mass is 10.0. The van der Waals surface area contributed by atoms with Gasteiger partial charge in [0.1, 0.15) is 17.5 Å². The van der Waals surface area contributed by atoms with Crippen LogP contribution in [0.4, 0.5) is 0 Å². The number of rotatable bonds is 12. The number of hydrogen-bond donors (Lipinski definition) is 1. The summed E-state index contributed by atoms with van der Waals surface area (Å²) in [5.41, 5.74) is 1.72. The Kier molecular flexibility index (Phi) is 9.71. The van der Waals surface area contributed by atoms with E-state index in [1.54, 1.807) is 24.3 Å². The molecule has 4 aromatic rings. The van der Waals surface area contributed by atoms with E-state index in [0.717, 1.165) is 17.4 Å². The van der Waals surface area contributed by atoms with Crippen LogP contribution < -0.4 is 10.1 Å². The Hall–Kier alpha value is -3.98. The summed E-state index contributed by atoms with van der Waals surface area (Å²) in [6, 6.07) is 28.8. The fraction of sp³-hybridized carbons (Fsp3) is 0.161. The van der Waals surface area contributed by atoms with E-state index >= 15 is 0 Å². The molecule has 4 rings (SSSR count). The lowest BCUT2D eigenvalue weighted by Crippen LogP contribution is -2.44. The molecule has 0 radical (unpaired) electrons. The second-order valence-corrected chi connectivity index (χ2v) is 11.6. The Morgan fingerprint density at radius 1 is 0.825 bits per heavy atom. The van der Waals surface area contributed by atoms with Crippen molar-refractivity contribution in [1.29, 1.82) is 0 Å². The van der Waals surface area contributed by atoms with E-state index in [2.05, 4.69) is 5.32 Å². The van der Waals surface area contributed by atoms with Crippen LogP contribution in [-0.4, -0.2) is 39.0 Å². The molecule has 4 aromatic carbocycles. The first-order valence-electron chi connectivity index (χ1n) is 12.5. The zero-order valence-electron chi connectivity index (χ0n) is 21.7. The van der Waals surface area contributed by atoms with Crippen LogP contribution in [0, 0.1) is 0 Å². The fourth-order valence-electron chi connectivity index (χ4n) is 3.85. The van der Waals surface area contributed by atoms with Crippen molar-refractivity contribution in [1.82, 2.24) is 5.32 Å². The van der Waals surface area contributed by atoms with Gasteiger partial charge in [-0.3, -0.25) is 9.59 Å². The molecule has 1 N–H and O–H groups in total. The van der Waals surface area contributed by atoms with Gasteiger partial charge in [-0.15, -0.1) is 0 Å². The molecule has 0 aliphatic heterocycles. The van der Waals surface area contributed by atoms with Crippen LogP contribution in [0.1, 0.15) is 21.5 Å². The highest BCUT2D eigenvalue weighted by Crippen LogP contribution is 2.23. The molecule has 0 spiro atoms. The SMILES string of the molecule is CS(=O)(=O)c1ccc(C(=O)NC(COCc2ccccc2)C(=O)Cc2ccc(Oc3ccccc3)cc2)c(Cl)c1. The fourth-order valence-corrected chi connectivity index (χ4v) is 4.83. The van der Waals surface area contributed by atoms with Gasteiger partial charge in [0.05, 0.1) is 28.7 Å². The predicted molar refractivity (Wildman–Crippen MR) is 154 cm³/mol. The summed E-state index contributed by atoms with van der Waals surface area (Å²) in [7, 11) is -3.50. The number of ether oxygens (including phenoxy) is 2. The first kappa shape index (κ1) is 29.0. The molecule has 0 saturated heterocycles. The first-order chi connectivity index (χ1) is 19.2. The maximum Gasteiger partial charge on any atom is 0.253 e. The maximum absolute atomic E-state index is 13.3. The van der Waals surface area contributed by atoms with Crippen molar-refractivity contribution in [2.24, 2.45) is 0 Å². The lowest BCUT2D eigenvalue weighted by molar-refractivity contribution is -0.121. The van der Waals surface area contributed by atoms with Gasteiger partial charge in [0.15, 0.2) is 15.6 Å². The van der Waals surface area contributed by atoms with Crippen molar-refractivity contribution in [3.05, 3.63) is 125 Å². The molecule has 9 heteroatoms. The molecular weight excluding hydrogens is 550 g/mol. The van der Waals surface area contributed by atoms with Crippen molar-refractivity contribution < 1.29 is 27.5 Å². The molecule has 0 bridgehead atoms. The number of sulfone groups is 1. The summed E-state index contributed by atoms with van der Waals surface area (Å²) in [5.74, 6) is 0.457. The number of amides is 1. The van der Waals surface area contributed by atoms with Crippen LogP contribution in [0.5, 0.6) is 11.5 Å². The monoisotopic (exact) mass is 577 g/mol. The zero-order valence-corrected chi connectivity index (χ0v) is 23.3. The van der Waals surface area contributed by atoms with Gasteiger partial charge in [-0.1, -0.05) is 72.3 Å². The number of halogens is 1. The number of hydrogen-bond acceptors (Lipinski definition) is 6. The average Bonchev–Trinajstić information content (AvgIpc) is 2.94. The Labute approximate surface area is 238 Å². The normalized spacial score (nSPS) is 11.9. The van der Waals surface area contributed by atoms with Gasteiger partial charge < -0.3 is 14.8 Å². The molecular formula is C31H28ClNO6S. The third kappa shape index (κ3) is 8.26. The molecule has 40 heavy (non-hydrogen) atoms. The van der Waals surface area contributed by atoms with Crippen molar-refractivity contribution in [3.8, 4) is 11.5 Å². The highest BCUT2D eigenvalue weighted by atomic mass is 35.5. The van der Waals surface area contributed by atoms with Crippen molar-refractivity contribution in [3.63, 3.8) is 0 Å². The molecule has 0 aromatic heterocycles. The number of carbonyl (C=O) groups is 2. The van der Waals surface area contributed by atoms with Crippen molar-refractivity contribution in [2.45, 2.75) is 24.0 Å². The van der Waals surface area contributed by atoms with Gasteiger partial charge in [0, 0.05) is 12.7 Å². The first-order valence-corrected chi connectivity index (χ1v) is 14.7. The van der Waals surface area contributed by atoms with E-state index in [-0.39, 0.29) is 40.9 Å². The van der Waals surface area contributed by atoms with E-state index in [0.29, 0.717) is 11.5 Å². The summed E-state index contributed by atoms with van der Waals surface area (Å²) in [6.45, 7) is 0.198. The molecule has 1 atom stereocenters. The zero-order chi connectivity index (χ0) is 28.5. The number of carbonyl (C=O) groups excluding carboxylic acids is 2. The molecule has 1 unspecified atom stereocenters. The molecule has 0 aliphatic rings. The maximum atomic E-state index is 13.3. The predicted octanol–water partition coefficient (Wildman–Crippen LogP) is 5.66. The second kappa shape index (κ2) is 13.4. The van der Waals surface area contributed by atoms with Crippen LogP contribution in [0.3, 0.4) is 0 Å². The van der Waals surface area contributed by atoms with E-state index in [1.807, 2.05) is 60.7 Å². The van der Waals surface area contributed by atoms with Crippen LogP contribution in [-0.2, 0) is 32.4 Å². The van der Waals surface area contributed by atoms with E-state index in [1.165, 1.54) is 18.2 Å². The van der Waals surface area contributed by atoms with Gasteiger partial charge >= 0.3 is 0 Å². The summed E-state index contributed by atoms with van der Waals surface area (Å²) < 4.78 is 35.3. The molecule has 7 nitrogen and oxygen atoms in total. The van der Waals surface area contributed by atoms with Gasteiger partial charge in [-0.2, -0.15) is 0 Å². The Bertz CT molecular complexity index is 1560. The van der Waals surface area contributed by atoms with E-state index in [9.17, 15) is 18.0 Å². The van der Waals surface area contributed by atoms with Gasteiger partial charge in [0.2, 0.25) is 0 Å². The number of ketones is 1. The largest absolute Gasteiger partial charge is 0.457 e. The second-order valence-electron chi connectivity index (χ2n) is 9.14. The van der Waals surface area contributed by atoms with Gasteiger partial charge in [-0.25, -0.2) is 8.42 Å². The smallest absolute Gasteiger partial charge is 0.253 e. The third-order valence-electron chi connectivity index (χ3n) is 5.98. The quantitative estimate of drug-likeness (QED) is 0.233. The minimum Gasteiger partial charge on any atom is -0.457 e. The lowest BCUT2D eigenvalue weighted by Gasteiger charge is -2.19. The standard InChI is InChI=1S/C31H28ClNO6S/c1-40(36,37)26-16-17-27(28(32)19-26)31(35)33-29(21-38-20-23-8-4-2-5-9-23)30(34)18-22-12-14-25(15-13-22)39-24-10-6-3-7-11-24/h2-17,19,29H,18,20-21H2,1H3,(H,33,35). The van der Waals surface area contributed by atoms with Gasteiger partial charge in [0.25, 0.3) is 5.91 Å². The highest BCUT2D eigenvalue weighted by molar-refractivity contribution is 7.90. The summed E-state index contributed by atoms with van der Waals surface area (Å²) in [4.78, 5) is 26.4. The van der Waals surface area contributed by atoms with E-state index in [4.69, 9.17) is 21.1 Å². The highest BCUT2D eigenvalue weighted by Gasteiger charge is 2.24. The van der Waals surface area contributed by atoms with Crippen molar-refractivity contribution in [2.75, 3.05) is 12.9 Å². The number of benzene rings is 4. The molecule has 0 fully saturated rings. The summed E-state index contributed by atoms with van der Waals surface area (Å²) in [5, 5.41) is 2.67. The number of Topliss-reactive ketones (excluding diaryl/α,β-unsaturated/α-hetero) is 1. The Morgan fingerprint density at radius 3 is 2.08 bits per heavy atom. The van der Waals surface area contributed by atoms with Crippen molar-refractivity contribution >= 4 is 33.1 Å². The molecule has 0 heterocycles. The summed E-state index contributed by atoms with van der Waals surface area (Å²) in [6.07, 6.45) is 1.10. The Morgan fingerprint density at radius 2 is 1.45 bits per heavy atom. The Balaban J connectivity index is 1.46.